The molecule has 0 spiro atoms. The van der Waals surface area contributed by atoms with Crippen molar-refractivity contribution in [3.63, 3.8) is 0 Å². The molecule has 3 nitrogen and oxygen atoms in total. The maximum atomic E-state index is 13.8. The zero-order valence-electron chi connectivity index (χ0n) is 11.3. The Morgan fingerprint density at radius 3 is 2.52 bits per heavy atom. The quantitative estimate of drug-likeness (QED) is 0.689. The monoisotopic (exact) mass is 281 g/mol. The van der Waals surface area contributed by atoms with E-state index in [1.807, 2.05) is 0 Å². The average molecular weight is 281 g/mol. The first-order chi connectivity index (χ1) is 10.1. The van der Waals surface area contributed by atoms with Crippen LogP contribution in [0.1, 0.15) is 33.3 Å². The van der Waals surface area contributed by atoms with E-state index in [9.17, 15) is 14.0 Å². The Balaban J connectivity index is 2.24. The minimum atomic E-state index is -0.573. The largest absolute Gasteiger partial charge is 0.314 e. The van der Waals surface area contributed by atoms with Gasteiger partial charge in [0, 0.05) is 17.3 Å². The normalized spacial score (nSPS) is 10.8. The lowest BCUT2D eigenvalue weighted by Gasteiger charge is -2.08. The predicted molar refractivity (Wildman–Crippen MR) is 77.2 cm³/mol. The number of fused-ring (bicyclic) bond motifs is 1. The molecule has 0 bridgehead atoms. The van der Waals surface area contributed by atoms with Crippen LogP contribution in [-0.4, -0.2) is 16.0 Å². The number of carbonyl (C=O) groups excluding carboxylic acids is 2. The number of ketones is 2. The molecule has 0 atom stereocenters. The van der Waals surface area contributed by atoms with Crippen LogP contribution in [0.2, 0.25) is 0 Å². The van der Waals surface area contributed by atoms with Crippen LogP contribution in [0.15, 0.2) is 54.7 Å². The lowest BCUT2D eigenvalue weighted by atomic mass is 10.0. The summed E-state index contributed by atoms with van der Waals surface area (Å²) in [5, 5.41) is 0. The van der Waals surface area contributed by atoms with Crippen molar-refractivity contribution in [3.8, 4) is 0 Å². The van der Waals surface area contributed by atoms with Crippen LogP contribution in [0.5, 0.6) is 0 Å². The molecular weight excluding hydrogens is 269 g/mol. The molecule has 1 aromatic carbocycles. The Morgan fingerprint density at radius 2 is 1.81 bits per heavy atom. The van der Waals surface area contributed by atoms with Gasteiger partial charge in [-0.1, -0.05) is 12.1 Å². The number of Topliss-reactive ketones (excluding diaryl/α,β-unsaturated/α-hetero) is 1. The van der Waals surface area contributed by atoms with E-state index >= 15 is 0 Å². The molecule has 0 aliphatic heterocycles. The fourth-order valence-corrected chi connectivity index (χ4v) is 2.31. The Hall–Kier alpha value is -2.75. The first-order valence-electron chi connectivity index (χ1n) is 6.49. The first kappa shape index (κ1) is 13.2. The highest BCUT2D eigenvalue weighted by atomic mass is 19.1. The van der Waals surface area contributed by atoms with Crippen LogP contribution in [0.25, 0.3) is 5.52 Å². The summed E-state index contributed by atoms with van der Waals surface area (Å²) in [7, 11) is 0. The van der Waals surface area contributed by atoms with Gasteiger partial charge < -0.3 is 4.40 Å². The Bertz CT molecular complexity index is 864. The van der Waals surface area contributed by atoms with E-state index in [1.54, 1.807) is 34.9 Å². The number of pyridine rings is 1. The molecule has 2 aromatic heterocycles. The van der Waals surface area contributed by atoms with Crippen molar-refractivity contribution in [2.75, 3.05) is 0 Å². The maximum Gasteiger partial charge on any atom is 0.212 e. The number of hydrogen-bond acceptors (Lipinski definition) is 2. The number of aromatic nitrogens is 1. The number of benzene rings is 1. The third-order valence-electron chi connectivity index (χ3n) is 3.39. The van der Waals surface area contributed by atoms with Crippen molar-refractivity contribution in [1.82, 2.24) is 4.40 Å². The van der Waals surface area contributed by atoms with Gasteiger partial charge in [0.15, 0.2) is 5.78 Å². The van der Waals surface area contributed by atoms with Gasteiger partial charge in [-0.3, -0.25) is 9.59 Å². The lowest BCUT2D eigenvalue weighted by molar-refractivity contribution is 0.101. The predicted octanol–water partition coefficient (Wildman–Crippen LogP) is 3.51. The summed E-state index contributed by atoms with van der Waals surface area (Å²) < 4.78 is 15.5. The minimum absolute atomic E-state index is 0.00629. The minimum Gasteiger partial charge on any atom is -0.314 e. The molecule has 0 N–H and O–H groups in total. The van der Waals surface area contributed by atoms with Crippen LogP contribution < -0.4 is 0 Å². The Labute approximate surface area is 120 Å². The van der Waals surface area contributed by atoms with Crippen LogP contribution in [-0.2, 0) is 0 Å². The van der Waals surface area contributed by atoms with Gasteiger partial charge in [0.25, 0.3) is 0 Å². The summed E-state index contributed by atoms with van der Waals surface area (Å²) in [5.41, 5.74) is 1.42. The van der Waals surface area contributed by atoms with E-state index in [2.05, 4.69) is 0 Å². The molecular formula is C17H12FNO2. The van der Waals surface area contributed by atoms with Crippen LogP contribution in [0.3, 0.4) is 0 Å². The van der Waals surface area contributed by atoms with E-state index in [0.29, 0.717) is 5.56 Å². The molecule has 0 saturated heterocycles. The van der Waals surface area contributed by atoms with Crippen LogP contribution in [0.4, 0.5) is 4.39 Å². The molecule has 0 amide bonds. The average Bonchev–Trinajstić information content (AvgIpc) is 2.94. The van der Waals surface area contributed by atoms with Gasteiger partial charge in [-0.2, -0.15) is 0 Å². The van der Waals surface area contributed by atoms with Crippen molar-refractivity contribution in [2.24, 2.45) is 0 Å². The molecule has 104 valence electrons. The summed E-state index contributed by atoms with van der Waals surface area (Å²) >= 11 is 0. The molecule has 0 fully saturated rings. The number of nitrogens with zero attached hydrogens (tertiary/aromatic N) is 1. The third kappa shape index (κ3) is 2.25. The maximum absolute atomic E-state index is 13.8. The zero-order valence-corrected chi connectivity index (χ0v) is 11.3. The number of halogens is 1. The standard InChI is InChI=1S/C17H12FNO2/c1-11(20)12-9-13-5-4-8-19(13)16(10-12)17(21)14-6-2-3-7-15(14)18/h2-10H,1H3. The number of rotatable bonds is 3. The van der Waals surface area contributed by atoms with Crippen molar-refractivity contribution >= 4 is 17.1 Å². The highest BCUT2D eigenvalue weighted by molar-refractivity contribution is 6.10. The van der Waals surface area contributed by atoms with Gasteiger partial charge in [0.2, 0.25) is 5.78 Å². The molecule has 0 saturated carbocycles. The molecule has 3 rings (SSSR count). The summed E-state index contributed by atoms with van der Waals surface area (Å²) in [6.45, 7) is 1.44. The SMILES string of the molecule is CC(=O)c1cc(C(=O)c2ccccc2F)n2cccc2c1. The van der Waals surface area contributed by atoms with Gasteiger partial charge in [-0.15, -0.1) is 0 Å². The smallest absolute Gasteiger partial charge is 0.212 e. The summed E-state index contributed by atoms with van der Waals surface area (Å²) in [6, 6.07) is 12.6. The van der Waals surface area contributed by atoms with Gasteiger partial charge in [-0.25, -0.2) is 4.39 Å². The number of carbonyl (C=O) groups is 2. The molecule has 21 heavy (non-hydrogen) atoms. The van der Waals surface area contributed by atoms with Crippen molar-refractivity contribution in [3.05, 3.63) is 77.4 Å². The second kappa shape index (κ2) is 4.98. The molecule has 0 aliphatic carbocycles. The van der Waals surface area contributed by atoms with E-state index in [0.717, 1.165) is 5.52 Å². The Kier molecular flexibility index (Phi) is 3.14. The van der Waals surface area contributed by atoms with Crippen molar-refractivity contribution in [2.45, 2.75) is 6.92 Å². The molecule has 2 heterocycles. The topological polar surface area (TPSA) is 38.5 Å². The second-order valence-corrected chi connectivity index (χ2v) is 4.80. The summed E-state index contributed by atoms with van der Waals surface area (Å²) in [4.78, 5) is 24.2. The van der Waals surface area contributed by atoms with Crippen LogP contribution >= 0.6 is 0 Å². The van der Waals surface area contributed by atoms with Gasteiger partial charge in [0.05, 0.1) is 11.3 Å². The van der Waals surface area contributed by atoms with Crippen LogP contribution in [0, 0.1) is 5.82 Å². The molecule has 0 aliphatic rings. The van der Waals surface area contributed by atoms with E-state index in [4.69, 9.17) is 0 Å². The fourth-order valence-electron chi connectivity index (χ4n) is 2.31. The second-order valence-electron chi connectivity index (χ2n) is 4.80. The lowest BCUT2D eigenvalue weighted by Crippen LogP contribution is -2.11. The van der Waals surface area contributed by atoms with Gasteiger partial charge in [-0.05, 0) is 43.3 Å². The Morgan fingerprint density at radius 1 is 1.05 bits per heavy atom. The third-order valence-corrected chi connectivity index (χ3v) is 3.39. The molecule has 3 aromatic rings. The number of hydrogen-bond donors (Lipinski definition) is 0. The summed E-state index contributed by atoms with van der Waals surface area (Å²) in [5.74, 6) is -1.16. The molecule has 0 unspecified atom stereocenters. The van der Waals surface area contributed by atoms with E-state index < -0.39 is 11.6 Å². The van der Waals surface area contributed by atoms with E-state index in [1.165, 1.54) is 31.2 Å². The highest BCUT2D eigenvalue weighted by Crippen LogP contribution is 2.18. The summed E-state index contributed by atoms with van der Waals surface area (Å²) in [6.07, 6.45) is 1.72. The molecule has 4 heteroatoms. The van der Waals surface area contributed by atoms with Crippen molar-refractivity contribution < 1.29 is 14.0 Å². The van der Waals surface area contributed by atoms with Gasteiger partial charge >= 0.3 is 0 Å². The fraction of sp³-hybridized carbons (Fsp3) is 0.0588. The van der Waals surface area contributed by atoms with E-state index in [-0.39, 0.29) is 17.0 Å². The molecule has 0 radical (unpaired) electrons. The van der Waals surface area contributed by atoms with Crippen molar-refractivity contribution in [1.29, 1.82) is 0 Å². The zero-order chi connectivity index (χ0) is 15.0. The van der Waals surface area contributed by atoms with Gasteiger partial charge in [0.1, 0.15) is 5.82 Å². The first-order valence-corrected chi connectivity index (χ1v) is 6.49. The highest BCUT2D eigenvalue weighted by Gasteiger charge is 2.18.